The molecule has 0 saturated carbocycles. The maximum Gasteiger partial charge on any atom is 0.269 e. The van der Waals surface area contributed by atoms with Crippen LogP contribution in [-0.4, -0.2) is 36.9 Å². The van der Waals surface area contributed by atoms with Crippen molar-refractivity contribution in [3.8, 4) is 0 Å². The van der Waals surface area contributed by atoms with Gasteiger partial charge in [0.15, 0.2) is 5.78 Å². The summed E-state index contributed by atoms with van der Waals surface area (Å²) in [5, 5.41) is 10.7. The van der Waals surface area contributed by atoms with Crippen LogP contribution in [0.5, 0.6) is 0 Å². The van der Waals surface area contributed by atoms with Gasteiger partial charge in [0.2, 0.25) is 0 Å². The number of carbonyl (C=O) groups is 1. The first-order chi connectivity index (χ1) is 12.0. The predicted octanol–water partition coefficient (Wildman–Crippen LogP) is 3.26. The van der Waals surface area contributed by atoms with Gasteiger partial charge in [0.05, 0.1) is 10.6 Å². The van der Waals surface area contributed by atoms with Crippen molar-refractivity contribution in [1.29, 1.82) is 0 Å². The first kappa shape index (κ1) is 16.9. The maximum atomic E-state index is 14.3. The van der Waals surface area contributed by atoms with Crippen LogP contribution in [0.3, 0.4) is 0 Å². The van der Waals surface area contributed by atoms with Crippen molar-refractivity contribution in [2.45, 2.75) is 6.92 Å². The Morgan fingerprint density at radius 3 is 2.16 bits per heavy atom. The predicted molar refractivity (Wildman–Crippen MR) is 93.9 cm³/mol. The normalized spacial score (nSPS) is 14.5. The molecule has 0 N–H and O–H groups in total. The molecule has 1 aliphatic rings. The summed E-state index contributed by atoms with van der Waals surface area (Å²) in [6.45, 7) is 4.05. The van der Waals surface area contributed by atoms with E-state index in [2.05, 4.69) is 4.90 Å². The second-order valence-corrected chi connectivity index (χ2v) is 5.97. The van der Waals surface area contributed by atoms with Crippen LogP contribution in [0.4, 0.5) is 21.5 Å². The van der Waals surface area contributed by atoms with Gasteiger partial charge in [-0.25, -0.2) is 4.39 Å². The van der Waals surface area contributed by atoms with Gasteiger partial charge in [0.25, 0.3) is 5.69 Å². The molecular formula is C18H18FN3O3. The van der Waals surface area contributed by atoms with Gasteiger partial charge in [-0.2, -0.15) is 0 Å². The quantitative estimate of drug-likeness (QED) is 0.484. The molecule has 0 aromatic heterocycles. The lowest BCUT2D eigenvalue weighted by atomic mass is 10.1. The maximum absolute atomic E-state index is 14.3. The standard InChI is InChI=1S/C18H18FN3O3/c1-13(23)14-2-7-18(17(19)12-14)21-10-8-20(9-11-21)15-3-5-16(6-4-15)22(24)25/h2-7,12H,8-11H2,1H3. The Bertz CT molecular complexity index is 800. The number of halogens is 1. The third-order valence-electron chi connectivity index (χ3n) is 4.40. The molecule has 130 valence electrons. The summed E-state index contributed by atoms with van der Waals surface area (Å²) in [6.07, 6.45) is 0. The van der Waals surface area contributed by atoms with Gasteiger partial charge in [-0.15, -0.1) is 0 Å². The van der Waals surface area contributed by atoms with Gasteiger partial charge >= 0.3 is 0 Å². The third kappa shape index (κ3) is 3.60. The summed E-state index contributed by atoms with van der Waals surface area (Å²) in [7, 11) is 0. The number of nitro benzene ring substituents is 1. The van der Waals surface area contributed by atoms with Gasteiger partial charge in [0, 0.05) is 49.6 Å². The topological polar surface area (TPSA) is 66.7 Å². The molecule has 0 atom stereocenters. The fraction of sp³-hybridized carbons (Fsp3) is 0.278. The summed E-state index contributed by atoms with van der Waals surface area (Å²) in [4.78, 5) is 25.7. The number of carbonyl (C=O) groups excluding carboxylic acids is 1. The summed E-state index contributed by atoms with van der Waals surface area (Å²) < 4.78 is 14.3. The van der Waals surface area contributed by atoms with Crippen LogP contribution in [0.2, 0.25) is 0 Å². The van der Waals surface area contributed by atoms with E-state index in [1.807, 2.05) is 4.90 Å². The Kier molecular flexibility index (Phi) is 4.65. The highest BCUT2D eigenvalue weighted by atomic mass is 19.1. The molecule has 1 fully saturated rings. The van der Waals surface area contributed by atoms with Crippen molar-refractivity contribution in [2.75, 3.05) is 36.0 Å². The van der Waals surface area contributed by atoms with Crippen LogP contribution in [0, 0.1) is 15.9 Å². The molecular weight excluding hydrogens is 325 g/mol. The molecule has 1 saturated heterocycles. The van der Waals surface area contributed by atoms with Crippen molar-refractivity contribution in [1.82, 2.24) is 0 Å². The number of Topliss-reactive ketones (excluding diaryl/α,β-unsaturated/α-hetero) is 1. The molecule has 0 radical (unpaired) electrons. The van der Waals surface area contributed by atoms with E-state index >= 15 is 0 Å². The Hall–Kier alpha value is -2.96. The fourth-order valence-electron chi connectivity index (χ4n) is 2.97. The molecule has 2 aromatic carbocycles. The minimum absolute atomic E-state index is 0.0648. The number of non-ortho nitro benzene ring substituents is 1. The monoisotopic (exact) mass is 343 g/mol. The molecule has 0 amide bonds. The van der Waals surface area contributed by atoms with Crippen LogP contribution in [0.1, 0.15) is 17.3 Å². The highest BCUT2D eigenvalue weighted by molar-refractivity contribution is 5.94. The van der Waals surface area contributed by atoms with Gasteiger partial charge < -0.3 is 9.80 Å². The minimum Gasteiger partial charge on any atom is -0.368 e. The average Bonchev–Trinajstić information content (AvgIpc) is 2.62. The number of hydrogen-bond acceptors (Lipinski definition) is 5. The van der Waals surface area contributed by atoms with Gasteiger partial charge in [-0.05, 0) is 37.3 Å². The number of ketones is 1. The molecule has 6 nitrogen and oxygen atoms in total. The lowest BCUT2D eigenvalue weighted by molar-refractivity contribution is -0.384. The molecule has 0 aliphatic carbocycles. The number of nitro groups is 1. The molecule has 0 unspecified atom stereocenters. The van der Waals surface area contributed by atoms with E-state index in [9.17, 15) is 19.3 Å². The molecule has 1 heterocycles. The molecule has 0 bridgehead atoms. The Morgan fingerprint density at radius 2 is 1.64 bits per heavy atom. The van der Waals surface area contributed by atoms with Crippen LogP contribution in [-0.2, 0) is 0 Å². The lowest BCUT2D eigenvalue weighted by Crippen LogP contribution is -2.46. The molecule has 1 aliphatic heterocycles. The number of nitrogens with zero attached hydrogens (tertiary/aromatic N) is 3. The van der Waals surface area contributed by atoms with Crippen molar-refractivity contribution in [2.24, 2.45) is 0 Å². The second-order valence-electron chi connectivity index (χ2n) is 5.97. The van der Waals surface area contributed by atoms with Gasteiger partial charge in [0.1, 0.15) is 5.82 Å². The molecule has 3 rings (SSSR count). The molecule has 2 aromatic rings. The zero-order chi connectivity index (χ0) is 18.0. The number of rotatable bonds is 4. The summed E-state index contributed by atoms with van der Waals surface area (Å²) in [6, 6.07) is 11.0. The number of piperazine rings is 1. The van der Waals surface area contributed by atoms with E-state index in [4.69, 9.17) is 0 Å². The van der Waals surface area contributed by atoms with E-state index in [1.165, 1.54) is 25.1 Å². The third-order valence-corrected chi connectivity index (χ3v) is 4.40. The first-order valence-corrected chi connectivity index (χ1v) is 8.00. The Morgan fingerprint density at radius 1 is 1.04 bits per heavy atom. The van der Waals surface area contributed by atoms with Gasteiger partial charge in [-0.1, -0.05) is 0 Å². The fourth-order valence-corrected chi connectivity index (χ4v) is 2.97. The summed E-state index contributed by atoms with van der Waals surface area (Å²) in [5.41, 5.74) is 1.84. The number of anilines is 2. The van der Waals surface area contributed by atoms with E-state index in [1.54, 1.807) is 24.3 Å². The van der Waals surface area contributed by atoms with Crippen LogP contribution < -0.4 is 9.80 Å². The zero-order valence-electron chi connectivity index (χ0n) is 13.8. The van der Waals surface area contributed by atoms with Crippen molar-refractivity contribution >= 4 is 22.8 Å². The largest absolute Gasteiger partial charge is 0.368 e. The highest BCUT2D eigenvalue weighted by Gasteiger charge is 2.20. The Labute approximate surface area is 144 Å². The van der Waals surface area contributed by atoms with Crippen molar-refractivity contribution in [3.63, 3.8) is 0 Å². The second kappa shape index (κ2) is 6.88. The van der Waals surface area contributed by atoms with Crippen molar-refractivity contribution < 1.29 is 14.1 Å². The molecule has 0 spiro atoms. The van der Waals surface area contributed by atoms with Crippen molar-refractivity contribution in [3.05, 3.63) is 64.0 Å². The average molecular weight is 343 g/mol. The minimum atomic E-state index is -0.421. The number of hydrogen-bond donors (Lipinski definition) is 0. The van der Waals surface area contributed by atoms with E-state index in [-0.39, 0.29) is 11.5 Å². The SMILES string of the molecule is CC(=O)c1ccc(N2CCN(c3ccc([N+](=O)[O-])cc3)CC2)c(F)c1. The molecule has 7 heteroatoms. The van der Waals surface area contributed by atoms with Gasteiger partial charge in [-0.3, -0.25) is 14.9 Å². The zero-order valence-corrected chi connectivity index (χ0v) is 13.8. The Balaban J connectivity index is 1.67. The smallest absolute Gasteiger partial charge is 0.269 e. The van der Waals surface area contributed by atoms with Crippen LogP contribution in [0.25, 0.3) is 0 Å². The summed E-state index contributed by atoms with van der Waals surface area (Å²) >= 11 is 0. The first-order valence-electron chi connectivity index (χ1n) is 8.00. The highest BCUT2D eigenvalue weighted by Crippen LogP contribution is 2.25. The molecule has 25 heavy (non-hydrogen) atoms. The van der Waals surface area contributed by atoms with E-state index in [0.29, 0.717) is 37.4 Å². The van der Waals surface area contributed by atoms with E-state index < -0.39 is 10.7 Å². The van der Waals surface area contributed by atoms with Crippen LogP contribution in [0.15, 0.2) is 42.5 Å². The summed E-state index contributed by atoms with van der Waals surface area (Å²) in [5.74, 6) is -0.551. The van der Waals surface area contributed by atoms with Crippen LogP contribution >= 0.6 is 0 Å². The number of benzene rings is 2. The van der Waals surface area contributed by atoms with E-state index in [0.717, 1.165) is 5.69 Å². The lowest BCUT2D eigenvalue weighted by Gasteiger charge is -2.37.